The fraction of sp³-hybridized carbons (Fsp3) is 0.350. The molecule has 2 aromatic carbocycles. The zero-order valence-electron chi connectivity index (χ0n) is 15.1. The fourth-order valence-electron chi connectivity index (χ4n) is 3.45. The third-order valence-electron chi connectivity index (χ3n) is 4.62. The largest absolute Gasteiger partial charge is 0.493 e. The van der Waals surface area contributed by atoms with Gasteiger partial charge in [-0.25, -0.2) is 0 Å². The number of hydrogen-bond acceptors (Lipinski definition) is 5. The lowest BCUT2D eigenvalue weighted by atomic mass is 9.90. The summed E-state index contributed by atoms with van der Waals surface area (Å²) < 4.78 is 10.6. The van der Waals surface area contributed by atoms with Crippen molar-refractivity contribution < 1.29 is 24.5 Å². The van der Waals surface area contributed by atoms with E-state index in [1.165, 1.54) is 0 Å². The molecule has 2 N–H and O–H groups in total. The maximum absolute atomic E-state index is 13.0. The highest BCUT2D eigenvalue weighted by Crippen LogP contribution is 2.43. The number of para-hydroxylation sites is 1. The van der Waals surface area contributed by atoms with Crippen LogP contribution in [0.1, 0.15) is 24.5 Å². The molecule has 0 saturated heterocycles. The maximum atomic E-state index is 13.0. The number of aliphatic hydroxyl groups excluding tert-OH is 1. The third kappa shape index (κ3) is 3.02. The van der Waals surface area contributed by atoms with Crippen molar-refractivity contribution in [2.75, 3.05) is 19.1 Å². The van der Waals surface area contributed by atoms with Crippen molar-refractivity contribution in [2.24, 2.45) is 0 Å². The fourth-order valence-corrected chi connectivity index (χ4v) is 3.45. The van der Waals surface area contributed by atoms with Gasteiger partial charge in [-0.15, -0.1) is 0 Å². The van der Waals surface area contributed by atoms with E-state index in [4.69, 9.17) is 9.47 Å². The van der Waals surface area contributed by atoms with Crippen molar-refractivity contribution in [3.05, 3.63) is 53.6 Å². The Kier molecular flexibility index (Phi) is 4.89. The van der Waals surface area contributed by atoms with Gasteiger partial charge < -0.3 is 24.6 Å². The molecule has 2 aromatic rings. The van der Waals surface area contributed by atoms with E-state index in [1.54, 1.807) is 56.4 Å². The van der Waals surface area contributed by atoms with Gasteiger partial charge in [0.25, 0.3) is 5.91 Å². The lowest BCUT2D eigenvalue weighted by Crippen LogP contribution is -2.41. The van der Waals surface area contributed by atoms with Crippen LogP contribution in [0.15, 0.2) is 42.5 Å². The van der Waals surface area contributed by atoms with E-state index >= 15 is 0 Å². The number of carbonyl (C=O) groups is 1. The maximum Gasteiger partial charge on any atom is 0.264 e. The van der Waals surface area contributed by atoms with Gasteiger partial charge in [-0.1, -0.05) is 24.3 Å². The van der Waals surface area contributed by atoms with E-state index < -0.39 is 17.6 Å². The molecule has 6 heteroatoms. The van der Waals surface area contributed by atoms with Gasteiger partial charge in [-0.2, -0.15) is 0 Å². The van der Waals surface area contributed by atoms with Crippen molar-refractivity contribution in [3.8, 4) is 11.5 Å². The highest BCUT2D eigenvalue weighted by Gasteiger charge is 2.49. The van der Waals surface area contributed by atoms with Crippen LogP contribution in [0.5, 0.6) is 11.5 Å². The number of amides is 1. The van der Waals surface area contributed by atoms with Crippen LogP contribution in [0.4, 0.5) is 5.69 Å². The van der Waals surface area contributed by atoms with Crippen LogP contribution < -0.4 is 14.4 Å². The molecule has 0 aliphatic carbocycles. The van der Waals surface area contributed by atoms with E-state index in [-0.39, 0.29) is 13.0 Å². The smallest absolute Gasteiger partial charge is 0.264 e. The molecule has 1 heterocycles. The molecule has 1 aliphatic rings. The third-order valence-corrected chi connectivity index (χ3v) is 4.62. The Morgan fingerprint density at radius 3 is 2.46 bits per heavy atom. The van der Waals surface area contributed by atoms with Crippen LogP contribution in [0.25, 0.3) is 0 Å². The zero-order valence-corrected chi connectivity index (χ0v) is 15.1. The quantitative estimate of drug-likeness (QED) is 0.829. The molecule has 6 nitrogen and oxygen atoms in total. The summed E-state index contributed by atoms with van der Waals surface area (Å²) in [7, 11) is 3.12. The standard InChI is InChI=1S/C20H23NO5/c1-13(22)11-20(24)15-6-4-5-7-16(15)21(19(20)23)12-14-8-9-17(25-2)18(10-14)26-3/h4-10,13,22,24H,11-12H2,1-3H3. The molecule has 0 radical (unpaired) electrons. The average molecular weight is 357 g/mol. The summed E-state index contributed by atoms with van der Waals surface area (Å²) in [6.45, 7) is 1.84. The lowest BCUT2D eigenvalue weighted by molar-refractivity contribution is -0.139. The molecule has 2 unspecified atom stereocenters. The summed E-state index contributed by atoms with van der Waals surface area (Å²) in [5.74, 6) is 0.744. The van der Waals surface area contributed by atoms with Crippen molar-refractivity contribution in [3.63, 3.8) is 0 Å². The molecule has 0 aromatic heterocycles. The normalized spacial score (nSPS) is 20.0. The predicted molar refractivity (Wildman–Crippen MR) is 97.4 cm³/mol. The number of aliphatic hydroxyl groups is 2. The van der Waals surface area contributed by atoms with E-state index in [2.05, 4.69) is 0 Å². The second-order valence-corrected chi connectivity index (χ2v) is 6.51. The Morgan fingerprint density at radius 1 is 1.12 bits per heavy atom. The number of carbonyl (C=O) groups excluding carboxylic acids is 1. The number of anilines is 1. The summed E-state index contributed by atoms with van der Waals surface area (Å²) in [5.41, 5.74) is 0.287. The minimum Gasteiger partial charge on any atom is -0.493 e. The Hall–Kier alpha value is -2.57. The van der Waals surface area contributed by atoms with Gasteiger partial charge in [-0.3, -0.25) is 4.79 Å². The Bertz CT molecular complexity index is 820. The highest BCUT2D eigenvalue weighted by atomic mass is 16.5. The predicted octanol–water partition coefficient (Wildman–Crippen LogP) is 2.21. The Morgan fingerprint density at radius 2 is 1.81 bits per heavy atom. The summed E-state index contributed by atoms with van der Waals surface area (Å²) in [5, 5.41) is 20.8. The van der Waals surface area contributed by atoms with Gasteiger partial charge in [-0.05, 0) is 30.7 Å². The van der Waals surface area contributed by atoms with Crippen LogP contribution in [0, 0.1) is 0 Å². The van der Waals surface area contributed by atoms with Gasteiger partial charge in [0.05, 0.1) is 32.6 Å². The minimum absolute atomic E-state index is 0.0503. The zero-order chi connectivity index (χ0) is 18.9. The first kappa shape index (κ1) is 18.2. The second-order valence-electron chi connectivity index (χ2n) is 6.51. The van der Waals surface area contributed by atoms with E-state index in [9.17, 15) is 15.0 Å². The Labute approximate surface area is 152 Å². The highest BCUT2D eigenvalue weighted by molar-refractivity contribution is 6.06. The van der Waals surface area contributed by atoms with Crippen molar-refractivity contribution >= 4 is 11.6 Å². The molecule has 0 saturated carbocycles. The summed E-state index contributed by atoms with van der Waals surface area (Å²) >= 11 is 0. The molecule has 0 fully saturated rings. The monoisotopic (exact) mass is 357 g/mol. The molecular weight excluding hydrogens is 334 g/mol. The van der Waals surface area contributed by atoms with Crippen LogP contribution in [-0.2, 0) is 16.9 Å². The van der Waals surface area contributed by atoms with Crippen LogP contribution in [0.3, 0.4) is 0 Å². The van der Waals surface area contributed by atoms with Crippen LogP contribution in [0.2, 0.25) is 0 Å². The molecule has 2 atom stereocenters. The number of hydrogen-bond donors (Lipinski definition) is 2. The number of methoxy groups -OCH3 is 2. The molecule has 0 bridgehead atoms. The minimum atomic E-state index is -1.72. The number of nitrogens with zero attached hydrogens (tertiary/aromatic N) is 1. The van der Waals surface area contributed by atoms with Gasteiger partial charge in [0.2, 0.25) is 0 Å². The van der Waals surface area contributed by atoms with Gasteiger partial charge in [0, 0.05) is 12.0 Å². The molecule has 138 valence electrons. The Balaban J connectivity index is 1.97. The van der Waals surface area contributed by atoms with Gasteiger partial charge >= 0.3 is 0 Å². The lowest BCUT2D eigenvalue weighted by Gasteiger charge is -2.24. The van der Waals surface area contributed by atoms with Crippen molar-refractivity contribution in [2.45, 2.75) is 31.6 Å². The topological polar surface area (TPSA) is 79.2 Å². The molecular formula is C20H23NO5. The second kappa shape index (κ2) is 6.97. The van der Waals surface area contributed by atoms with E-state index in [0.29, 0.717) is 22.7 Å². The van der Waals surface area contributed by atoms with Crippen LogP contribution >= 0.6 is 0 Å². The average Bonchev–Trinajstić information content (AvgIpc) is 2.83. The van der Waals surface area contributed by atoms with Gasteiger partial charge in [0.1, 0.15) is 0 Å². The van der Waals surface area contributed by atoms with Gasteiger partial charge in [0.15, 0.2) is 17.1 Å². The first-order valence-corrected chi connectivity index (χ1v) is 8.43. The van der Waals surface area contributed by atoms with E-state index in [0.717, 1.165) is 5.56 Å². The summed E-state index contributed by atoms with van der Waals surface area (Å²) in [6.07, 6.45) is -0.858. The molecule has 1 amide bonds. The SMILES string of the molecule is COc1ccc(CN2C(=O)C(O)(CC(C)O)c3ccccc32)cc1OC. The van der Waals surface area contributed by atoms with Crippen molar-refractivity contribution in [1.29, 1.82) is 0 Å². The first-order chi connectivity index (χ1) is 12.4. The number of fused-ring (bicyclic) bond motifs is 1. The summed E-state index contributed by atoms with van der Waals surface area (Å²) in [6, 6.07) is 12.6. The summed E-state index contributed by atoms with van der Waals surface area (Å²) in [4.78, 5) is 14.6. The number of benzene rings is 2. The van der Waals surface area contributed by atoms with E-state index in [1.807, 2.05) is 12.1 Å². The molecule has 26 heavy (non-hydrogen) atoms. The number of ether oxygens (including phenoxy) is 2. The molecule has 1 aliphatic heterocycles. The van der Waals surface area contributed by atoms with Crippen LogP contribution in [-0.4, -0.2) is 36.4 Å². The number of rotatable bonds is 6. The molecule has 3 rings (SSSR count). The molecule has 0 spiro atoms. The van der Waals surface area contributed by atoms with Crippen molar-refractivity contribution in [1.82, 2.24) is 0 Å². The first-order valence-electron chi connectivity index (χ1n) is 8.43.